The van der Waals surface area contributed by atoms with Gasteiger partial charge in [-0.3, -0.25) is 9.69 Å². The van der Waals surface area contributed by atoms with E-state index in [1.165, 1.54) is 0 Å². The zero-order valence-corrected chi connectivity index (χ0v) is 10.5. The molecule has 1 unspecified atom stereocenters. The molecular formula is C11H13ClN4O2. The standard InChI is InChI=1S/C11H13ClN4O2/c1-16-6-9(17)14-10(16)15-11(18)13-8-4-2-3-7(12)5-8/h2-5,10H,6H2,1H3,(H,14,17)(H2,13,15,18). The maximum atomic E-state index is 11.7. The van der Waals surface area contributed by atoms with Crippen molar-refractivity contribution in [2.45, 2.75) is 6.29 Å². The van der Waals surface area contributed by atoms with E-state index in [0.29, 0.717) is 10.7 Å². The van der Waals surface area contributed by atoms with Crippen molar-refractivity contribution in [1.82, 2.24) is 15.5 Å². The number of anilines is 1. The number of carbonyl (C=O) groups is 2. The molecule has 7 heteroatoms. The maximum absolute atomic E-state index is 11.7. The van der Waals surface area contributed by atoms with Crippen molar-refractivity contribution in [3.63, 3.8) is 0 Å². The fourth-order valence-corrected chi connectivity index (χ4v) is 1.82. The number of amides is 3. The molecule has 96 valence electrons. The van der Waals surface area contributed by atoms with Gasteiger partial charge in [0.1, 0.15) is 0 Å². The molecule has 0 radical (unpaired) electrons. The van der Waals surface area contributed by atoms with Crippen LogP contribution in [0.25, 0.3) is 0 Å². The Labute approximate surface area is 109 Å². The minimum atomic E-state index is -0.489. The first-order valence-corrected chi connectivity index (χ1v) is 5.75. The van der Waals surface area contributed by atoms with Gasteiger partial charge in [-0.15, -0.1) is 0 Å². The lowest BCUT2D eigenvalue weighted by Crippen LogP contribution is -2.50. The van der Waals surface area contributed by atoms with E-state index in [2.05, 4.69) is 16.0 Å². The minimum Gasteiger partial charge on any atom is -0.322 e. The Balaban J connectivity index is 1.91. The molecule has 18 heavy (non-hydrogen) atoms. The lowest BCUT2D eigenvalue weighted by molar-refractivity contribution is -0.118. The van der Waals surface area contributed by atoms with Gasteiger partial charge in [0.05, 0.1) is 6.54 Å². The van der Waals surface area contributed by atoms with Crippen LogP contribution >= 0.6 is 11.6 Å². The summed E-state index contributed by atoms with van der Waals surface area (Å²) in [4.78, 5) is 24.5. The summed E-state index contributed by atoms with van der Waals surface area (Å²) in [6.45, 7) is 0.266. The Kier molecular flexibility index (Phi) is 3.69. The summed E-state index contributed by atoms with van der Waals surface area (Å²) < 4.78 is 0. The molecule has 1 aliphatic heterocycles. The van der Waals surface area contributed by atoms with E-state index in [1.54, 1.807) is 36.2 Å². The second-order valence-electron chi connectivity index (χ2n) is 3.99. The lowest BCUT2D eigenvalue weighted by atomic mass is 10.3. The van der Waals surface area contributed by atoms with Crippen molar-refractivity contribution in [1.29, 1.82) is 0 Å². The highest BCUT2D eigenvalue weighted by molar-refractivity contribution is 6.30. The molecule has 1 aromatic rings. The van der Waals surface area contributed by atoms with Gasteiger partial charge in [-0.05, 0) is 25.2 Å². The van der Waals surface area contributed by atoms with Crippen LogP contribution in [-0.4, -0.2) is 36.7 Å². The lowest BCUT2D eigenvalue weighted by Gasteiger charge is -2.19. The molecule has 2 rings (SSSR count). The fraction of sp³-hybridized carbons (Fsp3) is 0.273. The number of hydrogen-bond donors (Lipinski definition) is 3. The highest BCUT2D eigenvalue weighted by Gasteiger charge is 2.27. The van der Waals surface area contributed by atoms with E-state index in [0.717, 1.165) is 0 Å². The summed E-state index contributed by atoms with van der Waals surface area (Å²) in [5.41, 5.74) is 0.590. The van der Waals surface area contributed by atoms with Gasteiger partial charge < -0.3 is 16.0 Å². The molecule has 1 saturated heterocycles. The Bertz CT molecular complexity index is 480. The van der Waals surface area contributed by atoms with Crippen molar-refractivity contribution in [2.75, 3.05) is 18.9 Å². The highest BCUT2D eigenvalue weighted by Crippen LogP contribution is 2.14. The molecule has 3 amide bonds. The van der Waals surface area contributed by atoms with Crippen LogP contribution in [0.15, 0.2) is 24.3 Å². The Morgan fingerprint density at radius 3 is 2.94 bits per heavy atom. The number of likely N-dealkylation sites (N-methyl/N-ethyl adjacent to an activating group) is 1. The molecule has 1 aromatic carbocycles. The van der Waals surface area contributed by atoms with Gasteiger partial charge in [-0.25, -0.2) is 4.79 Å². The summed E-state index contributed by atoms with van der Waals surface area (Å²) in [6.07, 6.45) is -0.489. The van der Waals surface area contributed by atoms with Crippen LogP contribution in [0, 0.1) is 0 Å². The van der Waals surface area contributed by atoms with Crippen LogP contribution in [-0.2, 0) is 4.79 Å². The summed E-state index contributed by atoms with van der Waals surface area (Å²) in [6, 6.07) is 6.41. The van der Waals surface area contributed by atoms with Crippen LogP contribution in [0.1, 0.15) is 0 Å². The second kappa shape index (κ2) is 5.24. The predicted octanol–water partition coefficient (Wildman–Crippen LogP) is 0.807. The number of benzene rings is 1. The Morgan fingerprint density at radius 2 is 2.33 bits per heavy atom. The van der Waals surface area contributed by atoms with E-state index in [1.807, 2.05) is 0 Å². The molecule has 6 nitrogen and oxygen atoms in total. The van der Waals surface area contributed by atoms with Crippen molar-refractivity contribution in [3.8, 4) is 0 Å². The third kappa shape index (κ3) is 3.12. The van der Waals surface area contributed by atoms with Gasteiger partial charge in [-0.2, -0.15) is 0 Å². The number of hydrogen-bond acceptors (Lipinski definition) is 3. The molecule has 1 atom stereocenters. The predicted molar refractivity (Wildman–Crippen MR) is 68.2 cm³/mol. The van der Waals surface area contributed by atoms with Crippen LogP contribution in [0.4, 0.5) is 10.5 Å². The first-order chi connectivity index (χ1) is 8.54. The molecule has 1 fully saturated rings. The molecule has 3 N–H and O–H groups in total. The van der Waals surface area contributed by atoms with Crippen molar-refractivity contribution >= 4 is 29.2 Å². The zero-order valence-electron chi connectivity index (χ0n) is 9.74. The third-order valence-electron chi connectivity index (χ3n) is 2.48. The quantitative estimate of drug-likeness (QED) is 0.743. The number of urea groups is 1. The van der Waals surface area contributed by atoms with Gasteiger partial charge in [0.15, 0.2) is 6.29 Å². The van der Waals surface area contributed by atoms with Gasteiger partial charge in [0, 0.05) is 10.7 Å². The van der Waals surface area contributed by atoms with Crippen LogP contribution in [0.5, 0.6) is 0 Å². The molecular weight excluding hydrogens is 256 g/mol. The summed E-state index contributed by atoms with van der Waals surface area (Å²) in [5, 5.41) is 8.42. The van der Waals surface area contributed by atoms with Crippen LogP contribution in [0.3, 0.4) is 0 Å². The van der Waals surface area contributed by atoms with E-state index >= 15 is 0 Å². The molecule has 0 aromatic heterocycles. The first-order valence-electron chi connectivity index (χ1n) is 5.37. The smallest absolute Gasteiger partial charge is 0.321 e. The topological polar surface area (TPSA) is 73.5 Å². The number of nitrogens with zero attached hydrogens (tertiary/aromatic N) is 1. The van der Waals surface area contributed by atoms with Crippen LogP contribution in [0.2, 0.25) is 5.02 Å². The minimum absolute atomic E-state index is 0.120. The number of rotatable bonds is 2. The van der Waals surface area contributed by atoms with E-state index < -0.39 is 12.3 Å². The molecule has 1 aliphatic rings. The normalized spacial score (nSPS) is 19.4. The average Bonchev–Trinajstić information content (AvgIpc) is 2.57. The zero-order chi connectivity index (χ0) is 13.1. The molecule has 0 bridgehead atoms. The van der Waals surface area contributed by atoms with Gasteiger partial charge in [0.2, 0.25) is 5.91 Å². The second-order valence-corrected chi connectivity index (χ2v) is 4.43. The Morgan fingerprint density at radius 1 is 1.56 bits per heavy atom. The van der Waals surface area contributed by atoms with E-state index in [4.69, 9.17) is 11.6 Å². The van der Waals surface area contributed by atoms with E-state index in [9.17, 15) is 9.59 Å². The van der Waals surface area contributed by atoms with Crippen molar-refractivity contribution < 1.29 is 9.59 Å². The fourth-order valence-electron chi connectivity index (χ4n) is 1.63. The van der Waals surface area contributed by atoms with Gasteiger partial charge in [-0.1, -0.05) is 17.7 Å². The highest BCUT2D eigenvalue weighted by atomic mass is 35.5. The summed E-state index contributed by atoms with van der Waals surface area (Å²) in [5.74, 6) is -0.120. The van der Waals surface area contributed by atoms with Crippen molar-refractivity contribution in [2.24, 2.45) is 0 Å². The summed E-state index contributed by atoms with van der Waals surface area (Å²) in [7, 11) is 1.74. The number of carbonyl (C=O) groups excluding carboxylic acids is 2. The van der Waals surface area contributed by atoms with Crippen molar-refractivity contribution in [3.05, 3.63) is 29.3 Å². The molecule has 0 aliphatic carbocycles. The summed E-state index contributed by atoms with van der Waals surface area (Å²) >= 11 is 5.80. The van der Waals surface area contributed by atoms with Gasteiger partial charge >= 0.3 is 6.03 Å². The van der Waals surface area contributed by atoms with Crippen LogP contribution < -0.4 is 16.0 Å². The average molecular weight is 269 g/mol. The first kappa shape index (κ1) is 12.7. The van der Waals surface area contributed by atoms with Gasteiger partial charge in [0.25, 0.3) is 0 Å². The maximum Gasteiger partial charge on any atom is 0.321 e. The monoisotopic (exact) mass is 268 g/mol. The molecule has 1 heterocycles. The Hall–Kier alpha value is -1.79. The number of halogens is 1. The van der Waals surface area contributed by atoms with E-state index in [-0.39, 0.29) is 12.5 Å². The number of nitrogens with one attached hydrogen (secondary N) is 3. The SMILES string of the molecule is CN1CC(=O)NC1NC(=O)Nc1cccc(Cl)c1. The third-order valence-corrected chi connectivity index (χ3v) is 2.72. The molecule has 0 saturated carbocycles. The largest absolute Gasteiger partial charge is 0.322 e. The molecule has 0 spiro atoms.